The van der Waals surface area contributed by atoms with Gasteiger partial charge in [-0.3, -0.25) is 4.79 Å². The second kappa shape index (κ2) is 5.92. The van der Waals surface area contributed by atoms with E-state index in [2.05, 4.69) is 20.7 Å². The Hall–Kier alpha value is -0.810. The molecule has 2 nitrogen and oxygen atoms in total. The van der Waals surface area contributed by atoms with Gasteiger partial charge in [0.25, 0.3) is 6.43 Å². The Bertz CT molecular complexity index is 342. The summed E-state index contributed by atoms with van der Waals surface area (Å²) in [5.74, 6) is -0.317. The predicted molar refractivity (Wildman–Crippen MR) is 55.3 cm³/mol. The fourth-order valence-corrected chi connectivity index (χ4v) is 1.51. The maximum absolute atomic E-state index is 11.7. The highest BCUT2D eigenvalue weighted by atomic mass is 79.9. The third kappa shape index (κ3) is 4.05. The smallest absolute Gasteiger partial charge is 0.261 e. The van der Waals surface area contributed by atoms with Crippen molar-refractivity contribution in [3.63, 3.8) is 0 Å². The Labute approximate surface area is 94.4 Å². The molecule has 0 unspecified atom stereocenters. The standard InChI is InChI=1S/C10H9BrF2O2/c11-8-4-2-1-3-7(8)9(14)5-15-6-10(12)13/h1-4,10H,5-6H2. The summed E-state index contributed by atoms with van der Waals surface area (Å²) in [4.78, 5) is 11.4. The van der Waals surface area contributed by atoms with Gasteiger partial charge in [0.15, 0.2) is 5.78 Å². The van der Waals surface area contributed by atoms with E-state index in [0.717, 1.165) is 0 Å². The van der Waals surface area contributed by atoms with Gasteiger partial charge in [-0.15, -0.1) is 0 Å². The fraction of sp³-hybridized carbons (Fsp3) is 0.300. The van der Waals surface area contributed by atoms with Crippen molar-refractivity contribution in [3.8, 4) is 0 Å². The topological polar surface area (TPSA) is 26.3 Å². The molecule has 0 aliphatic rings. The van der Waals surface area contributed by atoms with E-state index in [1.165, 1.54) is 0 Å². The van der Waals surface area contributed by atoms with Gasteiger partial charge in [0, 0.05) is 10.0 Å². The molecule has 0 radical (unpaired) electrons. The van der Waals surface area contributed by atoms with Gasteiger partial charge in [0.05, 0.1) is 0 Å². The molecule has 1 rings (SSSR count). The Kier molecular flexibility index (Phi) is 4.84. The number of hydrogen-bond acceptors (Lipinski definition) is 2. The summed E-state index contributed by atoms with van der Waals surface area (Å²) in [6, 6.07) is 6.78. The number of hydrogen-bond donors (Lipinski definition) is 0. The molecule has 0 amide bonds. The third-order valence-corrected chi connectivity index (χ3v) is 2.34. The monoisotopic (exact) mass is 278 g/mol. The largest absolute Gasteiger partial charge is 0.367 e. The summed E-state index contributed by atoms with van der Waals surface area (Å²) in [5, 5.41) is 0. The molecule has 5 heteroatoms. The van der Waals surface area contributed by atoms with Crippen molar-refractivity contribution >= 4 is 21.7 Å². The number of alkyl halides is 2. The zero-order valence-corrected chi connectivity index (χ0v) is 9.34. The van der Waals surface area contributed by atoms with Crippen molar-refractivity contribution in [3.05, 3.63) is 34.3 Å². The summed E-state index contributed by atoms with van der Waals surface area (Å²) in [6.45, 7) is -1.04. The van der Waals surface area contributed by atoms with E-state index in [1.807, 2.05) is 0 Å². The number of carbonyl (C=O) groups excluding carboxylic acids is 1. The van der Waals surface area contributed by atoms with Crippen molar-refractivity contribution < 1.29 is 18.3 Å². The number of halogens is 3. The summed E-state index contributed by atoms with van der Waals surface area (Å²) in [5.41, 5.74) is 0.437. The van der Waals surface area contributed by atoms with Crippen LogP contribution in [-0.4, -0.2) is 25.4 Å². The number of rotatable bonds is 5. The van der Waals surface area contributed by atoms with Gasteiger partial charge < -0.3 is 4.74 Å². The fourth-order valence-electron chi connectivity index (χ4n) is 1.01. The van der Waals surface area contributed by atoms with Crippen LogP contribution in [0.5, 0.6) is 0 Å². The first-order valence-electron chi connectivity index (χ1n) is 4.25. The number of ketones is 1. The predicted octanol–water partition coefficient (Wildman–Crippen LogP) is 2.91. The molecule has 0 saturated heterocycles. The van der Waals surface area contributed by atoms with Crippen molar-refractivity contribution in [2.24, 2.45) is 0 Å². The normalized spacial score (nSPS) is 10.7. The highest BCUT2D eigenvalue weighted by Crippen LogP contribution is 2.16. The van der Waals surface area contributed by atoms with Gasteiger partial charge in [-0.1, -0.05) is 34.1 Å². The third-order valence-electron chi connectivity index (χ3n) is 1.65. The molecular formula is C10H9BrF2O2. The molecule has 0 aliphatic heterocycles. The van der Waals surface area contributed by atoms with Gasteiger partial charge in [-0.2, -0.15) is 0 Å². The molecule has 0 N–H and O–H groups in total. The minimum Gasteiger partial charge on any atom is -0.367 e. The highest BCUT2D eigenvalue weighted by Gasteiger charge is 2.10. The van der Waals surface area contributed by atoms with Crippen LogP contribution >= 0.6 is 15.9 Å². The zero-order valence-electron chi connectivity index (χ0n) is 7.75. The molecule has 15 heavy (non-hydrogen) atoms. The molecular weight excluding hydrogens is 270 g/mol. The van der Waals surface area contributed by atoms with Crippen molar-refractivity contribution in [1.29, 1.82) is 0 Å². The van der Waals surface area contributed by atoms with Gasteiger partial charge in [0.2, 0.25) is 0 Å². The first kappa shape index (κ1) is 12.3. The van der Waals surface area contributed by atoms with Crippen molar-refractivity contribution in [2.45, 2.75) is 6.43 Å². The van der Waals surface area contributed by atoms with E-state index < -0.39 is 13.0 Å². The van der Waals surface area contributed by atoms with Gasteiger partial charge in [-0.25, -0.2) is 8.78 Å². The van der Waals surface area contributed by atoms with Crippen LogP contribution in [0, 0.1) is 0 Å². The van der Waals surface area contributed by atoms with Crippen LogP contribution < -0.4 is 0 Å². The lowest BCUT2D eigenvalue weighted by Crippen LogP contribution is -2.13. The maximum atomic E-state index is 11.7. The van der Waals surface area contributed by atoms with Crippen LogP contribution in [-0.2, 0) is 4.74 Å². The lowest BCUT2D eigenvalue weighted by Gasteiger charge is -2.04. The van der Waals surface area contributed by atoms with Crippen LogP contribution in [0.2, 0.25) is 0 Å². The lowest BCUT2D eigenvalue weighted by atomic mass is 10.1. The average Bonchev–Trinajstić information content (AvgIpc) is 2.17. The van der Waals surface area contributed by atoms with Crippen LogP contribution in [0.3, 0.4) is 0 Å². The quantitative estimate of drug-likeness (QED) is 0.775. The Morgan fingerprint density at radius 2 is 2.07 bits per heavy atom. The Morgan fingerprint density at radius 3 is 2.67 bits per heavy atom. The van der Waals surface area contributed by atoms with E-state index in [4.69, 9.17) is 0 Å². The van der Waals surface area contributed by atoms with E-state index >= 15 is 0 Å². The van der Waals surface area contributed by atoms with Crippen molar-refractivity contribution in [1.82, 2.24) is 0 Å². The second-order valence-corrected chi connectivity index (χ2v) is 3.66. The minimum absolute atomic E-state index is 0.317. The van der Waals surface area contributed by atoms with E-state index in [0.29, 0.717) is 10.0 Å². The minimum atomic E-state index is -2.54. The van der Waals surface area contributed by atoms with Gasteiger partial charge in [-0.05, 0) is 6.07 Å². The van der Waals surface area contributed by atoms with Crippen LogP contribution in [0.1, 0.15) is 10.4 Å². The molecule has 0 saturated carbocycles. The summed E-state index contributed by atoms with van der Waals surface area (Å²) >= 11 is 3.19. The van der Waals surface area contributed by atoms with Crippen LogP contribution in [0.15, 0.2) is 28.7 Å². The first-order valence-corrected chi connectivity index (χ1v) is 5.04. The molecule has 0 bridgehead atoms. The van der Waals surface area contributed by atoms with E-state index in [9.17, 15) is 13.6 Å². The first-order chi connectivity index (χ1) is 7.11. The number of ether oxygens (including phenoxy) is 1. The molecule has 82 valence electrons. The average molecular weight is 279 g/mol. The number of Topliss-reactive ketones (excluding diaryl/α,β-unsaturated/α-hetero) is 1. The van der Waals surface area contributed by atoms with Gasteiger partial charge >= 0.3 is 0 Å². The summed E-state index contributed by atoms with van der Waals surface area (Å²) in [6.07, 6.45) is -2.54. The molecule has 0 atom stereocenters. The summed E-state index contributed by atoms with van der Waals surface area (Å²) < 4.78 is 28.6. The highest BCUT2D eigenvalue weighted by molar-refractivity contribution is 9.10. The SMILES string of the molecule is O=C(COCC(F)F)c1ccccc1Br. The molecule has 0 heterocycles. The van der Waals surface area contributed by atoms with Crippen molar-refractivity contribution in [2.75, 3.05) is 13.2 Å². The molecule has 0 spiro atoms. The van der Waals surface area contributed by atoms with Gasteiger partial charge in [0.1, 0.15) is 13.2 Å². The van der Waals surface area contributed by atoms with Crippen LogP contribution in [0.25, 0.3) is 0 Å². The second-order valence-electron chi connectivity index (χ2n) is 2.81. The number of benzene rings is 1. The molecule has 0 fully saturated rings. The maximum Gasteiger partial charge on any atom is 0.261 e. The number of carbonyl (C=O) groups is 1. The lowest BCUT2D eigenvalue weighted by molar-refractivity contribution is 0.0196. The van der Waals surface area contributed by atoms with E-state index in [1.54, 1.807) is 24.3 Å². The Balaban J connectivity index is 2.51. The van der Waals surface area contributed by atoms with Crippen LogP contribution in [0.4, 0.5) is 8.78 Å². The zero-order chi connectivity index (χ0) is 11.3. The Morgan fingerprint density at radius 1 is 1.40 bits per heavy atom. The molecule has 1 aromatic rings. The molecule has 0 aromatic heterocycles. The van der Waals surface area contributed by atoms with E-state index in [-0.39, 0.29) is 12.4 Å². The molecule has 0 aliphatic carbocycles. The molecule has 1 aromatic carbocycles. The summed E-state index contributed by atoms with van der Waals surface area (Å²) in [7, 11) is 0.